The number of carbonyl (C=O) groups excluding carboxylic acids is 4. The molecule has 3 fully saturated rings. The lowest BCUT2D eigenvalue weighted by Crippen LogP contribution is -2.58. The maximum atomic E-state index is 14.6. The number of sulfonamides is 1. The molecule has 4 aliphatic rings. The Kier molecular flexibility index (Phi) is 9.89. The minimum absolute atomic E-state index is 0.0255. The summed E-state index contributed by atoms with van der Waals surface area (Å²) in [6.07, 6.45) is 6.29. The van der Waals surface area contributed by atoms with Gasteiger partial charge in [-0.3, -0.25) is 19.1 Å². The maximum absolute atomic E-state index is 14.6. The molecule has 4 heterocycles. The van der Waals surface area contributed by atoms with Crippen LogP contribution in [0.4, 0.5) is 9.18 Å². The lowest BCUT2D eigenvalue weighted by Gasteiger charge is -2.30. The molecule has 8 rings (SSSR count). The van der Waals surface area contributed by atoms with Crippen LogP contribution in [0, 0.1) is 11.7 Å². The highest BCUT2D eigenvalue weighted by Crippen LogP contribution is 2.46. The molecule has 2 aromatic carbocycles. The number of alkyl carbamates (subject to hydrolysis) is 1. The van der Waals surface area contributed by atoms with Crippen molar-refractivity contribution in [2.24, 2.45) is 5.92 Å². The monoisotopic (exact) mass is 803 g/mol. The molecule has 16 heteroatoms. The molecule has 57 heavy (non-hydrogen) atoms. The number of nitrogens with zero attached hydrogens (tertiary/aromatic N) is 2. The third-order valence-corrected chi connectivity index (χ3v) is 12.9. The molecule has 14 nitrogen and oxygen atoms in total. The molecule has 2 saturated carbocycles. The minimum Gasteiger partial charge on any atom is -0.484 e. The van der Waals surface area contributed by atoms with E-state index in [1.807, 2.05) is 24.3 Å². The van der Waals surface area contributed by atoms with Crippen LogP contribution in [0.15, 0.2) is 59.0 Å². The SMILES string of the molecule is CC(C)(C)OC(=O)N[C@H]1CCCCCC=C[C@@H]2C[C@@]2(C(=O)NS(=O)(=O)C2CC2)NC(=O)[C@@H]2C[C@@H](Oc3c4ccccc4nc4c3oc3cc(F)ccc34)CN2C1=O. The quantitative estimate of drug-likeness (QED) is 0.210. The van der Waals surface area contributed by atoms with Crippen molar-refractivity contribution in [2.75, 3.05) is 6.54 Å². The van der Waals surface area contributed by atoms with Gasteiger partial charge in [-0.05, 0) is 83.6 Å². The van der Waals surface area contributed by atoms with Gasteiger partial charge >= 0.3 is 6.09 Å². The first-order valence-electron chi connectivity index (χ1n) is 19.5. The Morgan fingerprint density at radius 2 is 1.84 bits per heavy atom. The van der Waals surface area contributed by atoms with Gasteiger partial charge < -0.3 is 29.4 Å². The number of allylic oxidation sites excluding steroid dienone is 1. The van der Waals surface area contributed by atoms with Crippen molar-refractivity contribution < 1.29 is 45.9 Å². The Hall–Kier alpha value is -5.25. The standard InChI is InChI=1S/C41H46FN5O9S/c1-40(2,3)56-39(51)44-30-14-8-6-4-5-7-11-23-21-41(23,38(50)46-57(52,53)26-16-17-26)45-36(48)31-20-25(22-47(31)37(30)49)54-34-27-12-9-10-13-29(27)43-33-28-18-15-24(42)19-32(28)55-35(33)34/h7,9-13,15,18-19,23,25-26,30-31H,4-6,8,14,16-17,20-22H2,1-3H3,(H,44,51)(H,45,48)(H,46,50)/t23-,25-,30+,31+,41-/m1/s1. The van der Waals surface area contributed by atoms with Gasteiger partial charge in [0.25, 0.3) is 5.91 Å². The van der Waals surface area contributed by atoms with Crippen LogP contribution in [0.1, 0.15) is 78.6 Å². The largest absolute Gasteiger partial charge is 0.484 e. The highest BCUT2D eigenvalue weighted by atomic mass is 32.2. The van der Waals surface area contributed by atoms with E-state index in [0.29, 0.717) is 53.2 Å². The second kappa shape index (κ2) is 14.6. The molecule has 0 radical (unpaired) electrons. The molecule has 4 aromatic rings. The van der Waals surface area contributed by atoms with E-state index in [1.165, 1.54) is 17.0 Å². The number of pyridine rings is 1. The molecule has 1 saturated heterocycles. The number of hydrogen-bond donors (Lipinski definition) is 3. The molecule has 4 amide bonds. The maximum Gasteiger partial charge on any atom is 0.408 e. The first kappa shape index (κ1) is 38.6. The van der Waals surface area contributed by atoms with E-state index in [9.17, 15) is 32.0 Å². The number of para-hydroxylation sites is 1. The summed E-state index contributed by atoms with van der Waals surface area (Å²) >= 11 is 0. The highest BCUT2D eigenvalue weighted by molar-refractivity contribution is 7.91. The normalized spacial score (nSPS) is 25.9. The van der Waals surface area contributed by atoms with Crippen LogP contribution in [0.25, 0.3) is 33.0 Å². The second-order valence-corrected chi connectivity index (χ2v) is 18.5. The number of halogens is 1. The lowest BCUT2D eigenvalue weighted by atomic mass is 10.0. The van der Waals surface area contributed by atoms with Crippen molar-refractivity contribution in [1.29, 1.82) is 0 Å². The number of nitrogens with one attached hydrogen (secondary N) is 3. The molecular weight excluding hydrogens is 758 g/mol. The first-order chi connectivity index (χ1) is 27.1. The fourth-order valence-corrected chi connectivity index (χ4v) is 9.27. The van der Waals surface area contributed by atoms with Gasteiger partial charge in [-0.15, -0.1) is 0 Å². The molecule has 0 spiro atoms. The van der Waals surface area contributed by atoms with Gasteiger partial charge in [-0.25, -0.2) is 22.6 Å². The average Bonchev–Trinajstić information content (AvgIpc) is 4.04. The van der Waals surface area contributed by atoms with Crippen LogP contribution in [-0.2, 0) is 29.1 Å². The number of aromatic nitrogens is 1. The van der Waals surface area contributed by atoms with Gasteiger partial charge in [0.15, 0.2) is 11.3 Å². The van der Waals surface area contributed by atoms with E-state index < -0.39 is 80.2 Å². The van der Waals surface area contributed by atoms with Gasteiger partial charge in [0.05, 0.1) is 17.3 Å². The van der Waals surface area contributed by atoms with E-state index in [2.05, 4.69) is 15.4 Å². The third-order valence-electron chi connectivity index (χ3n) is 11.0. The number of amides is 4. The fourth-order valence-electron chi connectivity index (χ4n) is 7.91. The molecule has 0 unspecified atom stereocenters. The number of fused-ring (bicyclic) bond motifs is 6. The van der Waals surface area contributed by atoms with Gasteiger partial charge in [0.1, 0.15) is 46.2 Å². The Balaban J connectivity index is 1.15. The Morgan fingerprint density at radius 3 is 2.61 bits per heavy atom. The predicted octanol–water partition coefficient (Wildman–Crippen LogP) is 5.52. The zero-order chi connectivity index (χ0) is 40.3. The zero-order valence-corrected chi connectivity index (χ0v) is 32.8. The number of ether oxygens (including phenoxy) is 2. The van der Waals surface area contributed by atoms with Gasteiger partial charge in [-0.1, -0.05) is 37.1 Å². The van der Waals surface area contributed by atoms with Gasteiger partial charge in [-0.2, -0.15) is 0 Å². The zero-order valence-electron chi connectivity index (χ0n) is 32.0. The first-order valence-corrected chi connectivity index (χ1v) is 21.1. The van der Waals surface area contributed by atoms with Crippen LogP contribution in [0.2, 0.25) is 0 Å². The molecule has 2 aliphatic carbocycles. The predicted molar refractivity (Wildman–Crippen MR) is 208 cm³/mol. The van der Waals surface area contributed by atoms with E-state index in [1.54, 1.807) is 39.0 Å². The summed E-state index contributed by atoms with van der Waals surface area (Å²) < 4.78 is 60.7. The van der Waals surface area contributed by atoms with E-state index in [-0.39, 0.29) is 37.0 Å². The smallest absolute Gasteiger partial charge is 0.408 e. The van der Waals surface area contributed by atoms with Crippen molar-refractivity contribution in [3.05, 3.63) is 60.4 Å². The van der Waals surface area contributed by atoms with Gasteiger partial charge in [0.2, 0.25) is 21.8 Å². The number of benzene rings is 2. The lowest BCUT2D eigenvalue weighted by molar-refractivity contribution is -0.141. The third kappa shape index (κ3) is 7.88. The summed E-state index contributed by atoms with van der Waals surface area (Å²) in [5, 5.41) is 6.13. The van der Waals surface area contributed by atoms with Crippen molar-refractivity contribution in [3.63, 3.8) is 0 Å². The number of rotatable bonds is 6. The van der Waals surface area contributed by atoms with E-state index >= 15 is 0 Å². The van der Waals surface area contributed by atoms with Crippen LogP contribution >= 0.6 is 0 Å². The fraction of sp³-hybridized carbons (Fsp3) is 0.488. The summed E-state index contributed by atoms with van der Waals surface area (Å²) in [5.41, 5.74) is -0.824. The Labute approximate surface area is 328 Å². The van der Waals surface area contributed by atoms with Crippen molar-refractivity contribution in [1.82, 2.24) is 25.2 Å². The molecule has 2 aromatic heterocycles. The van der Waals surface area contributed by atoms with Crippen LogP contribution in [0.5, 0.6) is 5.75 Å². The summed E-state index contributed by atoms with van der Waals surface area (Å²) in [6, 6.07) is 9.17. The number of hydrogen-bond acceptors (Lipinski definition) is 10. The van der Waals surface area contributed by atoms with Crippen molar-refractivity contribution >= 4 is 66.8 Å². The summed E-state index contributed by atoms with van der Waals surface area (Å²) in [7, 11) is -3.93. The Morgan fingerprint density at radius 1 is 1.05 bits per heavy atom. The van der Waals surface area contributed by atoms with Crippen molar-refractivity contribution in [2.45, 2.75) is 113 Å². The molecule has 2 aliphatic heterocycles. The summed E-state index contributed by atoms with van der Waals surface area (Å²) in [4.78, 5) is 62.2. The number of carbonyl (C=O) groups is 4. The molecule has 302 valence electrons. The van der Waals surface area contributed by atoms with Crippen molar-refractivity contribution in [3.8, 4) is 5.75 Å². The number of furan rings is 1. The van der Waals surface area contributed by atoms with Gasteiger partial charge in [0, 0.05) is 29.2 Å². The van der Waals surface area contributed by atoms with E-state index in [4.69, 9.17) is 18.9 Å². The topological polar surface area (TPSA) is 186 Å². The summed E-state index contributed by atoms with van der Waals surface area (Å²) in [6.45, 7) is 5.06. The Bertz CT molecular complexity index is 2420. The van der Waals surface area contributed by atoms with Crippen LogP contribution in [0.3, 0.4) is 0 Å². The molecule has 5 atom stereocenters. The molecular formula is C41H46FN5O9S. The molecule has 0 bridgehead atoms. The van der Waals surface area contributed by atoms with Crippen LogP contribution < -0.4 is 20.1 Å². The average molecular weight is 804 g/mol. The highest BCUT2D eigenvalue weighted by Gasteiger charge is 2.62. The van der Waals surface area contributed by atoms with E-state index in [0.717, 1.165) is 12.8 Å². The summed E-state index contributed by atoms with van der Waals surface area (Å²) in [5.74, 6) is -2.68. The van der Waals surface area contributed by atoms with Crippen LogP contribution in [-0.4, -0.2) is 83.2 Å². The minimum atomic E-state index is -3.93. The molecule has 3 N–H and O–H groups in total. The second-order valence-electron chi connectivity index (χ2n) is 16.6.